The number of oxime groups is 1. The zero-order valence-electron chi connectivity index (χ0n) is 9.92. The minimum Gasteiger partial charge on any atom is -0.411 e. The van der Waals surface area contributed by atoms with E-state index in [1.165, 1.54) is 30.5 Å². The molecule has 0 saturated heterocycles. The Morgan fingerprint density at radius 2 is 1.26 bits per heavy atom. The first kappa shape index (κ1) is 13.0. The van der Waals surface area contributed by atoms with Gasteiger partial charge in [0, 0.05) is 0 Å². The van der Waals surface area contributed by atoms with Gasteiger partial charge >= 0.3 is 0 Å². The van der Waals surface area contributed by atoms with Crippen molar-refractivity contribution in [1.29, 1.82) is 0 Å². The summed E-state index contributed by atoms with van der Waals surface area (Å²) in [6.07, 6.45) is 2.78. The maximum atomic E-state index is 12.9. The van der Waals surface area contributed by atoms with Gasteiger partial charge in [0.05, 0.1) is 6.21 Å². The third-order valence-corrected chi connectivity index (χ3v) is 2.62. The third-order valence-electron chi connectivity index (χ3n) is 2.62. The van der Waals surface area contributed by atoms with Gasteiger partial charge in [0.15, 0.2) is 0 Å². The summed E-state index contributed by atoms with van der Waals surface area (Å²) >= 11 is 0. The Kier molecular flexibility index (Phi) is 4.03. The Morgan fingerprint density at radius 3 is 1.63 bits per heavy atom. The molecule has 19 heavy (non-hydrogen) atoms. The molecule has 0 aliphatic heterocycles. The molecule has 0 spiro atoms. The van der Waals surface area contributed by atoms with E-state index in [1.807, 2.05) is 0 Å². The Labute approximate surface area is 109 Å². The lowest BCUT2D eigenvalue weighted by Crippen LogP contribution is -1.90. The largest absolute Gasteiger partial charge is 0.411 e. The average molecular weight is 259 g/mol. The van der Waals surface area contributed by atoms with Crippen molar-refractivity contribution in [2.24, 2.45) is 5.16 Å². The first-order chi connectivity index (χ1) is 9.20. The fraction of sp³-hybridized carbons (Fsp3) is 0. The van der Waals surface area contributed by atoms with Crippen LogP contribution in [0, 0.1) is 11.6 Å². The molecule has 0 unspecified atom stereocenters. The molecule has 1 N–H and O–H groups in total. The van der Waals surface area contributed by atoms with Crippen molar-refractivity contribution in [3.05, 3.63) is 77.4 Å². The Bertz CT molecular complexity index is 554. The van der Waals surface area contributed by atoms with Crippen LogP contribution in [0.15, 0.2) is 59.8 Å². The van der Waals surface area contributed by atoms with E-state index < -0.39 is 0 Å². The molecule has 2 aromatic rings. The summed E-state index contributed by atoms with van der Waals surface area (Å²) in [7, 11) is 0. The number of hydrogen-bond acceptors (Lipinski definition) is 2. The summed E-state index contributed by atoms with van der Waals surface area (Å²) in [5.74, 6) is -0.670. The predicted octanol–water partition coefficient (Wildman–Crippen LogP) is 3.86. The molecule has 0 amide bonds. The van der Waals surface area contributed by atoms with Crippen LogP contribution in [0.3, 0.4) is 0 Å². The zero-order valence-corrected chi connectivity index (χ0v) is 9.92. The van der Waals surface area contributed by atoms with E-state index in [2.05, 4.69) is 5.16 Å². The SMILES string of the molecule is O/N=C/C=C(c1ccc(F)cc1)c1ccc(F)cc1. The van der Waals surface area contributed by atoms with Gasteiger partial charge < -0.3 is 5.21 Å². The Morgan fingerprint density at radius 1 is 0.842 bits per heavy atom. The molecule has 0 radical (unpaired) electrons. The standard InChI is InChI=1S/C15H11F2NO/c16-13-5-1-11(2-6-13)15(9-10-18-19)12-3-7-14(17)8-4-12/h1-10,19H/b18-10+. The highest BCUT2D eigenvalue weighted by Crippen LogP contribution is 2.23. The van der Waals surface area contributed by atoms with Gasteiger partial charge in [0.1, 0.15) is 11.6 Å². The van der Waals surface area contributed by atoms with Gasteiger partial charge in [-0.1, -0.05) is 29.4 Å². The highest BCUT2D eigenvalue weighted by atomic mass is 19.1. The minimum absolute atomic E-state index is 0.335. The zero-order chi connectivity index (χ0) is 13.7. The maximum absolute atomic E-state index is 12.9. The second-order valence-electron chi connectivity index (χ2n) is 3.86. The second-order valence-corrected chi connectivity index (χ2v) is 3.86. The predicted molar refractivity (Wildman–Crippen MR) is 70.2 cm³/mol. The molecular weight excluding hydrogens is 248 g/mol. The van der Waals surface area contributed by atoms with E-state index >= 15 is 0 Å². The summed E-state index contributed by atoms with van der Waals surface area (Å²) in [5, 5.41) is 11.4. The Balaban J connectivity index is 2.47. The van der Waals surface area contributed by atoms with Gasteiger partial charge in [-0.3, -0.25) is 0 Å². The van der Waals surface area contributed by atoms with Crippen molar-refractivity contribution < 1.29 is 14.0 Å². The highest BCUT2D eigenvalue weighted by Gasteiger charge is 2.05. The van der Waals surface area contributed by atoms with Crippen molar-refractivity contribution in [2.45, 2.75) is 0 Å². The molecule has 0 aromatic heterocycles. The van der Waals surface area contributed by atoms with Crippen LogP contribution in [0.5, 0.6) is 0 Å². The lowest BCUT2D eigenvalue weighted by atomic mass is 9.98. The molecule has 0 aliphatic rings. The van der Waals surface area contributed by atoms with Crippen LogP contribution >= 0.6 is 0 Å². The van der Waals surface area contributed by atoms with Gasteiger partial charge in [0.2, 0.25) is 0 Å². The number of hydrogen-bond donors (Lipinski definition) is 1. The summed E-state index contributed by atoms with van der Waals surface area (Å²) in [6, 6.07) is 11.8. The number of halogens is 2. The van der Waals surface area contributed by atoms with E-state index in [9.17, 15) is 8.78 Å². The topological polar surface area (TPSA) is 32.6 Å². The van der Waals surface area contributed by atoms with Gasteiger partial charge in [-0.05, 0) is 47.0 Å². The molecule has 0 saturated carbocycles. The monoisotopic (exact) mass is 259 g/mol. The summed E-state index contributed by atoms with van der Waals surface area (Å²) < 4.78 is 25.8. The molecule has 0 aliphatic carbocycles. The summed E-state index contributed by atoms with van der Waals surface area (Å²) in [5.41, 5.74) is 2.19. The number of nitrogens with zero attached hydrogens (tertiary/aromatic N) is 1. The maximum Gasteiger partial charge on any atom is 0.123 e. The highest BCUT2D eigenvalue weighted by molar-refractivity contribution is 5.91. The van der Waals surface area contributed by atoms with Crippen molar-refractivity contribution in [2.75, 3.05) is 0 Å². The first-order valence-electron chi connectivity index (χ1n) is 5.60. The van der Waals surface area contributed by atoms with Crippen molar-refractivity contribution in [3.63, 3.8) is 0 Å². The van der Waals surface area contributed by atoms with Crippen LogP contribution in [0.1, 0.15) is 11.1 Å². The second kappa shape index (κ2) is 5.91. The molecule has 2 aromatic carbocycles. The van der Waals surface area contributed by atoms with E-state index in [1.54, 1.807) is 30.3 Å². The van der Waals surface area contributed by atoms with Crippen molar-refractivity contribution in [1.82, 2.24) is 0 Å². The van der Waals surface area contributed by atoms with E-state index in [0.717, 1.165) is 11.1 Å². The average Bonchev–Trinajstić information content (AvgIpc) is 2.43. The molecular formula is C15H11F2NO. The van der Waals surface area contributed by atoms with Crippen LogP contribution < -0.4 is 0 Å². The van der Waals surface area contributed by atoms with Crippen LogP contribution in [-0.2, 0) is 0 Å². The molecule has 0 heterocycles. The molecule has 0 atom stereocenters. The number of benzene rings is 2. The van der Waals surface area contributed by atoms with Crippen molar-refractivity contribution in [3.8, 4) is 0 Å². The van der Waals surface area contributed by atoms with Gasteiger partial charge in [-0.2, -0.15) is 0 Å². The molecule has 96 valence electrons. The fourth-order valence-electron chi connectivity index (χ4n) is 1.73. The minimum atomic E-state index is -0.335. The smallest absolute Gasteiger partial charge is 0.123 e. The first-order valence-corrected chi connectivity index (χ1v) is 5.60. The van der Waals surface area contributed by atoms with Gasteiger partial charge in [0.25, 0.3) is 0 Å². The number of allylic oxidation sites excluding steroid dienone is 1. The van der Waals surface area contributed by atoms with Crippen molar-refractivity contribution >= 4 is 11.8 Å². The Hall–Kier alpha value is -2.49. The molecule has 4 heteroatoms. The van der Waals surface area contributed by atoms with E-state index in [4.69, 9.17) is 5.21 Å². The summed E-state index contributed by atoms with van der Waals surface area (Å²) in [4.78, 5) is 0. The van der Waals surface area contributed by atoms with Crippen LogP contribution in [-0.4, -0.2) is 11.4 Å². The van der Waals surface area contributed by atoms with E-state index in [-0.39, 0.29) is 11.6 Å². The third kappa shape index (κ3) is 3.25. The molecule has 2 nitrogen and oxygen atoms in total. The summed E-state index contributed by atoms with van der Waals surface area (Å²) in [6.45, 7) is 0. The molecule has 0 fully saturated rings. The quantitative estimate of drug-likeness (QED) is 0.506. The lowest BCUT2D eigenvalue weighted by molar-refractivity contribution is 0.322. The van der Waals surface area contributed by atoms with Crippen LogP contribution in [0.4, 0.5) is 8.78 Å². The molecule has 2 rings (SSSR count). The lowest BCUT2D eigenvalue weighted by Gasteiger charge is -2.07. The van der Waals surface area contributed by atoms with Crippen LogP contribution in [0.25, 0.3) is 5.57 Å². The molecule has 0 bridgehead atoms. The van der Waals surface area contributed by atoms with Gasteiger partial charge in [-0.15, -0.1) is 0 Å². The number of rotatable bonds is 3. The van der Waals surface area contributed by atoms with E-state index in [0.29, 0.717) is 5.57 Å². The fourth-order valence-corrected chi connectivity index (χ4v) is 1.73. The van der Waals surface area contributed by atoms with Gasteiger partial charge in [-0.25, -0.2) is 8.78 Å². The normalized spacial score (nSPS) is 10.6. The van der Waals surface area contributed by atoms with Crippen LogP contribution in [0.2, 0.25) is 0 Å².